The number of hydrogen-bond acceptors (Lipinski definition) is 4. The molecule has 4 aromatic rings. The van der Waals surface area contributed by atoms with Crippen LogP contribution in [0.4, 0.5) is 5.13 Å². The number of hydrogen-bond donors (Lipinski definition) is 1. The van der Waals surface area contributed by atoms with Gasteiger partial charge in [0.15, 0.2) is 0 Å². The van der Waals surface area contributed by atoms with Gasteiger partial charge in [-0.05, 0) is 35.6 Å². The number of aryl methyl sites for hydroxylation is 1. The van der Waals surface area contributed by atoms with Gasteiger partial charge in [0.1, 0.15) is 0 Å². The summed E-state index contributed by atoms with van der Waals surface area (Å²) in [5.74, 6) is 0. The fourth-order valence-corrected chi connectivity index (χ4v) is 4.38. The van der Waals surface area contributed by atoms with E-state index in [2.05, 4.69) is 82.6 Å². The Bertz CT molecular complexity index is 1140. The number of thiazole rings is 1. The van der Waals surface area contributed by atoms with E-state index in [0.717, 1.165) is 41.4 Å². The van der Waals surface area contributed by atoms with Crippen molar-refractivity contribution in [1.29, 1.82) is 0 Å². The molecule has 1 aliphatic rings. The van der Waals surface area contributed by atoms with Crippen LogP contribution < -0.4 is 5.43 Å². The van der Waals surface area contributed by atoms with Crippen molar-refractivity contribution in [2.24, 2.45) is 5.10 Å². The summed E-state index contributed by atoms with van der Waals surface area (Å²) < 4.78 is 0. The summed E-state index contributed by atoms with van der Waals surface area (Å²) in [6, 6.07) is 23.3. The van der Waals surface area contributed by atoms with Crippen molar-refractivity contribution in [1.82, 2.24) is 4.98 Å². The highest BCUT2D eigenvalue weighted by Crippen LogP contribution is 2.31. The lowest BCUT2D eigenvalue weighted by Crippen LogP contribution is -2.13. The molecule has 0 saturated carbocycles. The van der Waals surface area contributed by atoms with E-state index in [1.54, 1.807) is 11.3 Å². The molecule has 132 valence electrons. The number of rotatable bonds is 3. The van der Waals surface area contributed by atoms with Crippen LogP contribution in [0.1, 0.15) is 24.0 Å². The Hall–Kier alpha value is -2.98. The van der Waals surface area contributed by atoms with Crippen LogP contribution in [0.25, 0.3) is 22.0 Å². The van der Waals surface area contributed by atoms with Crippen LogP contribution >= 0.6 is 11.3 Å². The Kier molecular flexibility index (Phi) is 4.18. The fourth-order valence-electron chi connectivity index (χ4n) is 3.73. The van der Waals surface area contributed by atoms with Crippen molar-refractivity contribution >= 4 is 33.0 Å². The highest BCUT2D eigenvalue weighted by Gasteiger charge is 2.15. The maximum Gasteiger partial charge on any atom is 0.203 e. The number of anilines is 1. The number of benzene rings is 3. The minimum absolute atomic E-state index is 0.827. The third kappa shape index (κ3) is 3.13. The number of hydrazone groups is 1. The van der Waals surface area contributed by atoms with Gasteiger partial charge in [-0.15, -0.1) is 11.3 Å². The molecule has 5 rings (SSSR count). The SMILES string of the molecule is c1ccc2c(c1)CCC/C2=N/Nc1nc(-c2cccc3ccccc23)cs1. The number of nitrogens with zero attached hydrogens (tertiary/aromatic N) is 2. The van der Waals surface area contributed by atoms with Crippen LogP contribution in [0.3, 0.4) is 0 Å². The molecule has 1 aromatic heterocycles. The Morgan fingerprint density at radius 1 is 0.852 bits per heavy atom. The molecule has 0 fully saturated rings. The lowest BCUT2D eigenvalue weighted by Gasteiger charge is -2.17. The van der Waals surface area contributed by atoms with E-state index in [0.29, 0.717) is 0 Å². The first-order chi connectivity index (χ1) is 13.4. The average Bonchev–Trinajstić information content (AvgIpc) is 3.20. The van der Waals surface area contributed by atoms with Gasteiger partial charge in [0.25, 0.3) is 0 Å². The second-order valence-electron chi connectivity index (χ2n) is 6.75. The van der Waals surface area contributed by atoms with Crippen molar-refractivity contribution in [3.05, 3.63) is 83.2 Å². The van der Waals surface area contributed by atoms with E-state index in [-0.39, 0.29) is 0 Å². The summed E-state index contributed by atoms with van der Waals surface area (Å²) in [5, 5.41) is 10.1. The Balaban J connectivity index is 1.44. The summed E-state index contributed by atoms with van der Waals surface area (Å²) in [7, 11) is 0. The van der Waals surface area contributed by atoms with E-state index in [1.807, 2.05) is 0 Å². The zero-order valence-electron chi connectivity index (χ0n) is 14.9. The number of fused-ring (bicyclic) bond motifs is 2. The maximum atomic E-state index is 4.77. The van der Waals surface area contributed by atoms with Crippen LogP contribution in [0.2, 0.25) is 0 Å². The summed E-state index contributed by atoms with van der Waals surface area (Å²) in [4.78, 5) is 4.77. The quantitative estimate of drug-likeness (QED) is 0.442. The monoisotopic (exact) mass is 369 g/mol. The minimum atomic E-state index is 0.827. The van der Waals surface area contributed by atoms with Crippen molar-refractivity contribution < 1.29 is 0 Å². The molecule has 0 atom stereocenters. The Morgan fingerprint density at radius 3 is 2.67 bits per heavy atom. The zero-order valence-corrected chi connectivity index (χ0v) is 15.7. The number of aromatic nitrogens is 1. The highest BCUT2D eigenvalue weighted by atomic mass is 32.1. The van der Waals surface area contributed by atoms with Crippen molar-refractivity contribution in [2.75, 3.05) is 5.43 Å². The molecular formula is C23H19N3S. The predicted molar refractivity (Wildman–Crippen MR) is 115 cm³/mol. The van der Waals surface area contributed by atoms with Crippen molar-refractivity contribution in [3.63, 3.8) is 0 Å². The molecule has 0 radical (unpaired) electrons. The van der Waals surface area contributed by atoms with E-state index in [1.165, 1.54) is 21.9 Å². The first-order valence-corrected chi connectivity index (χ1v) is 10.1. The van der Waals surface area contributed by atoms with Crippen LogP contribution in [-0.4, -0.2) is 10.7 Å². The van der Waals surface area contributed by atoms with Crippen LogP contribution in [0, 0.1) is 0 Å². The minimum Gasteiger partial charge on any atom is -0.252 e. The van der Waals surface area contributed by atoms with Gasteiger partial charge in [-0.2, -0.15) is 5.10 Å². The summed E-state index contributed by atoms with van der Waals surface area (Å²) >= 11 is 1.59. The summed E-state index contributed by atoms with van der Waals surface area (Å²) in [5.41, 5.74) is 9.12. The molecule has 1 heterocycles. The van der Waals surface area contributed by atoms with Gasteiger partial charge in [0.2, 0.25) is 5.13 Å². The Labute approximate surface area is 162 Å². The molecule has 0 bridgehead atoms. The second-order valence-corrected chi connectivity index (χ2v) is 7.60. The van der Waals surface area contributed by atoms with Crippen molar-refractivity contribution in [3.8, 4) is 11.3 Å². The number of nitrogens with one attached hydrogen (secondary N) is 1. The van der Waals surface area contributed by atoms with E-state index < -0.39 is 0 Å². The van der Waals surface area contributed by atoms with Gasteiger partial charge >= 0.3 is 0 Å². The van der Waals surface area contributed by atoms with E-state index in [4.69, 9.17) is 4.98 Å². The van der Waals surface area contributed by atoms with E-state index >= 15 is 0 Å². The third-order valence-electron chi connectivity index (χ3n) is 5.04. The van der Waals surface area contributed by atoms with E-state index in [9.17, 15) is 0 Å². The van der Waals surface area contributed by atoms with Gasteiger partial charge in [-0.3, -0.25) is 5.43 Å². The molecule has 4 heteroatoms. The average molecular weight is 369 g/mol. The Morgan fingerprint density at radius 2 is 1.67 bits per heavy atom. The fraction of sp³-hybridized carbons (Fsp3) is 0.130. The maximum absolute atomic E-state index is 4.77. The van der Waals surface area contributed by atoms with Crippen LogP contribution in [0.5, 0.6) is 0 Å². The topological polar surface area (TPSA) is 37.3 Å². The van der Waals surface area contributed by atoms with Gasteiger partial charge in [0, 0.05) is 16.5 Å². The van der Waals surface area contributed by atoms with Crippen molar-refractivity contribution in [2.45, 2.75) is 19.3 Å². The van der Waals surface area contributed by atoms with Crippen LogP contribution in [-0.2, 0) is 6.42 Å². The molecule has 1 aliphatic carbocycles. The molecule has 3 aromatic carbocycles. The third-order valence-corrected chi connectivity index (χ3v) is 5.79. The highest BCUT2D eigenvalue weighted by molar-refractivity contribution is 7.14. The lowest BCUT2D eigenvalue weighted by atomic mass is 9.90. The first-order valence-electron chi connectivity index (χ1n) is 9.23. The first kappa shape index (κ1) is 16.2. The van der Waals surface area contributed by atoms with Gasteiger partial charge in [-0.25, -0.2) is 4.98 Å². The summed E-state index contributed by atoms with van der Waals surface area (Å²) in [6.45, 7) is 0. The zero-order chi connectivity index (χ0) is 18.1. The molecule has 0 amide bonds. The van der Waals surface area contributed by atoms with Gasteiger partial charge < -0.3 is 0 Å². The smallest absolute Gasteiger partial charge is 0.203 e. The molecule has 0 unspecified atom stereocenters. The molecule has 1 N–H and O–H groups in total. The van der Waals surface area contributed by atoms with Gasteiger partial charge in [-0.1, -0.05) is 66.7 Å². The van der Waals surface area contributed by atoms with Gasteiger partial charge in [0.05, 0.1) is 11.4 Å². The molecule has 3 nitrogen and oxygen atoms in total. The normalized spacial score (nSPS) is 15.0. The largest absolute Gasteiger partial charge is 0.252 e. The molecular weight excluding hydrogens is 350 g/mol. The standard InChI is InChI=1S/C23H19N3S/c1-3-11-18-16(7-1)9-5-13-20(18)22-15-27-23(24-22)26-25-21-14-6-10-17-8-2-4-12-19(17)21/h1-5,7-9,11-13,15H,6,10,14H2,(H,24,26)/b25-21-. The molecule has 27 heavy (non-hydrogen) atoms. The predicted octanol–water partition coefficient (Wildman–Crippen LogP) is 6.12. The summed E-state index contributed by atoms with van der Waals surface area (Å²) in [6.07, 6.45) is 3.29. The second kappa shape index (κ2) is 6.97. The molecule has 0 spiro atoms. The van der Waals surface area contributed by atoms with Crippen LogP contribution in [0.15, 0.2) is 77.2 Å². The lowest BCUT2D eigenvalue weighted by molar-refractivity contribution is 0.837. The molecule has 0 aliphatic heterocycles. The molecule has 0 saturated heterocycles.